The van der Waals surface area contributed by atoms with Crippen molar-refractivity contribution in [3.05, 3.63) is 29.8 Å². The Hall–Kier alpha value is -0.910. The quantitative estimate of drug-likeness (QED) is 0.587. The van der Waals surface area contributed by atoms with Gasteiger partial charge >= 0.3 is 0 Å². The van der Waals surface area contributed by atoms with E-state index in [0.29, 0.717) is 12.1 Å². The zero-order valence-electron chi connectivity index (χ0n) is 10.4. The Kier molecular flexibility index (Phi) is 5.31. The number of hydrogen-bond donors (Lipinski definition) is 0. The summed E-state index contributed by atoms with van der Waals surface area (Å²) in [6.45, 7) is 0.463. The molecule has 0 aromatic heterocycles. The highest BCUT2D eigenvalue weighted by Crippen LogP contribution is 2.13. The molecule has 0 atom stereocenters. The molecule has 4 nitrogen and oxygen atoms in total. The van der Waals surface area contributed by atoms with Gasteiger partial charge in [-0.25, -0.2) is 8.42 Å². The summed E-state index contributed by atoms with van der Waals surface area (Å²) in [6.07, 6.45) is 0. The first-order valence-corrected chi connectivity index (χ1v) is 7.62. The van der Waals surface area contributed by atoms with Gasteiger partial charge in [0.25, 0.3) is 0 Å². The molecule has 0 spiro atoms. The van der Waals surface area contributed by atoms with Crippen molar-refractivity contribution < 1.29 is 13.2 Å². The van der Waals surface area contributed by atoms with Crippen LogP contribution >= 0.6 is 11.6 Å². The van der Waals surface area contributed by atoms with E-state index in [4.69, 9.17) is 11.6 Å². The molecule has 0 saturated heterocycles. The Balaban J connectivity index is 2.87. The van der Waals surface area contributed by atoms with Crippen LogP contribution in [0.2, 0.25) is 0 Å². The topological polar surface area (TPSA) is 54.5 Å². The summed E-state index contributed by atoms with van der Waals surface area (Å²) in [6, 6.07) is 5.88. The number of benzene rings is 1. The largest absolute Gasteiger partial charge is 0.308 e. The van der Waals surface area contributed by atoms with Crippen LogP contribution in [0.1, 0.15) is 10.4 Å². The molecular formula is C12H16ClNO3S. The summed E-state index contributed by atoms with van der Waals surface area (Å²) in [4.78, 5) is 13.3. The summed E-state index contributed by atoms with van der Waals surface area (Å²) in [5, 5.41) is 0. The number of halogens is 1. The number of nitrogens with zero attached hydrogens (tertiary/aromatic N) is 1. The van der Waals surface area contributed by atoms with Gasteiger partial charge in [-0.2, -0.15) is 0 Å². The van der Waals surface area contributed by atoms with Crippen molar-refractivity contribution in [3.63, 3.8) is 0 Å². The first-order chi connectivity index (χ1) is 8.36. The highest BCUT2D eigenvalue weighted by atomic mass is 35.5. The van der Waals surface area contributed by atoms with Crippen LogP contribution in [0.25, 0.3) is 0 Å². The maximum Gasteiger partial charge on any atom is 0.179 e. The van der Waals surface area contributed by atoms with Gasteiger partial charge in [0.2, 0.25) is 0 Å². The van der Waals surface area contributed by atoms with Crippen LogP contribution in [0, 0.1) is 0 Å². The second-order valence-corrected chi connectivity index (χ2v) is 6.58. The second kappa shape index (κ2) is 6.31. The average molecular weight is 290 g/mol. The van der Waals surface area contributed by atoms with E-state index in [0.717, 1.165) is 0 Å². The Morgan fingerprint density at radius 2 is 1.78 bits per heavy atom. The van der Waals surface area contributed by atoms with Crippen LogP contribution in [0.4, 0.5) is 0 Å². The molecular weight excluding hydrogens is 274 g/mol. The van der Waals surface area contributed by atoms with Gasteiger partial charge in [0, 0.05) is 12.1 Å². The molecule has 0 fully saturated rings. The zero-order valence-corrected chi connectivity index (χ0v) is 12.0. The lowest BCUT2D eigenvalue weighted by Crippen LogP contribution is -2.22. The van der Waals surface area contributed by atoms with Crippen LogP contribution in [-0.2, 0) is 9.84 Å². The number of hydrogen-bond acceptors (Lipinski definition) is 4. The van der Waals surface area contributed by atoms with Crippen molar-refractivity contribution >= 4 is 27.2 Å². The Labute approximate surface area is 112 Å². The molecule has 0 amide bonds. The number of carbonyl (C=O) groups excluding carboxylic acids is 1. The monoisotopic (exact) mass is 289 g/mol. The van der Waals surface area contributed by atoms with Crippen molar-refractivity contribution in [1.29, 1.82) is 0 Å². The summed E-state index contributed by atoms with van der Waals surface area (Å²) < 4.78 is 23.9. The van der Waals surface area contributed by atoms with Crippen LogP contribution in [0.5, 0.6) is 0 Å². The molecule has 1 aromatic rings. The third-order valence-electron chi connectivity index (χ3n) is 2.46. The Bertz CT molecular complexity index is 509. The predicted octanol–water partition coefficient (Wildman–Crippen LogP) is 1.44. The van der Waals surface area contributed by atoms with Crippen LogP contribution < -0.4 is 0 Å². The molecule has 6 heteroatoms. The minimum atomic E-state index is -3.29. The molecule has 0 bridgehead atoms. The minimum absolute atomic E-state index is 0.0583. The summed E-state index contributed by atoms with van der Waals surface area (Å²) in [7, 11) is 0.344. The fraction of sp³-hybridized carbons (Fsp3) is 0.417. The third-order valence-corrected chi connectivity index (χ3v) is 4.42. The minimum Gasteiger partial charge on any atom is -0.308 e. The maximum atomic E-state index is 11.9. The lowest BCUT2D eigenvalue weighted by atomic mass is 10.1. The summed E-state index contributed by atoms with van der Waals surface area (Å²) in [5.74, 6) is -0.260. The van der Waals surface area contributed by atoms with E-state index in [1.165, 1.54) is 24.3 Å². The van der Waals surface area contributed by atoms with Crippen LogP contribution in [0.15, 0.2) is 29.2 Å². The lowest BCUT2D eigenvalue weighted by Gasteiger charge is -2.10. The molecule has 0 heterocycles. The zero-order chi connectivity index (χ0) is 13.8. The Morgan fingerprint density at radius 1 is 1.22 bits per heavy atom. The van der Waals surface area contributed by atoms with E-state index in [1.807, 2.05) is 19.0 Å². The number of rotatable bonds is 6. The molecule has 0 aliphatic rings. The smallest absolute Gasteiger partial charge is 0.179 e. The van der Waals surface area contributed by atoms with Crippen molar-refractivity contribution in [1.82, 2.24) is 4.90 Å². The predicted molar refractivity (Wildman–Crippen MR) is 72.1 cm³/mol. The van der Waals surface area contributed by atoms with Crippen molar-refractivity contribution in [3.8, 4) is 0 Å². The molecule has 1 rings (SSSR count). The van der Waals surface area contributed by atoms with Gasteiger partial charge in [-0.15, -0.1) is 11.6 Å². The maximum absolute atomic E-state index is 11.9. The number of alkyl halides is 1. The average Bonchev–Trinajstić information content (AvgIpc) is 2.36. The van der Waals surface area contributed by atoms with E-state index in [-0.39, 0.29) is 22.3 Å². The van der Waals surface area contributed by atoms with Gasteiger partial charge in [0.1, 0.15) is 0 Å². The number of ketones is 1. The molecule has 0 N–H and O–H groups in total. The number of Topliss-reactive ketones (excluding diaryl/α,β-unsaturated/α-hetero) is 1. The van der Waals surface area contributed by atoms with Gasteiger partial charge in [-0.1, -0.05) is 12.1 Å². The fourth-order valence-electron chi connectivity index (χ4n) is 1.35. The lowest BCUT2D eigenvalue weighted by molar-refractivity contribution is 0.102. The molecule has 0 radical (unpaired) electrons. The normalized spacial score (nSPS) is 11.8. The molecule has 0 aliphatic heterocycles. The molecule has 1 aromatic carbocycles. The van der Waals surface area contributed by atoms with E-state index >= 15 is 0 Å². The summed E-state index contributed by atoms with van der Waals surface area (Å²) >= 11 is 5.43. The van der Waals surface area contributed by atoms with E-state index in [9.17, 15) is 13.2 Å². The van der Waals surface area contributed by atoms with E-state index < -0.39 is 9.84 Å². The Morgan fingerprint density at radius 3 is 2.22 bits per heavy atom. The molecule has 0 aliphatic carbocycles. The van der Waals surface area contributed by atoms with E-state index in [1.54, 1.807) is 0 Å². The first kappa shape index (κ1) is 15.1. The van der Waals surface area contributed by atoms with Crippen molar-refractivity contribution in [2.75, 3.05) is 32.3 Å². The summed E-state index contributed by atoms with van der Waals surface area (Å²) in [5.41, 5.74) is 0.427. The first-order valence-electron chi connectivity index (χ1n) is 5.43. The molecule has 100 valence electrons. The highest BCUT2D eigenvalue weighted by Gasteiger charge is 2.15. The van der Waals surface area contributed by atoms with Crippen LogP contribution in [-0.4, -0.2) is 51.4 Å². The van der Waals surface area contributed by atoms with Gasteiger partial charge in [0.05, 0.1) is 16.5 Å². The molecule has 0 unspecified atom stereocenters. The van der Waals surface area contributed by atoms with E-state index in [2.05, 4.69) is 0 Å². The SMILES string of the molecule is CN(C)CCS(=O)(=O)c1ccc(C(=O)CCl)cc1. The molecule has 18 heavy (non-hydrogen) atoms. The highest BCUT2D eigenvalue weighted by molar-refractivity contribution is 7.91. The standard InChI is InChI=1S/C12H16ClNO3S/c1-14(2)7-8-18(16,17)11-5-3-10(4-6-11)12(15)9-13/h3-6H,7-9H2,1-2H3. The van der Waals surface area contributed by atoms with Gasteiger partial charge in [-0.05, 0) is 26.2 Å². The van der Waals surface area contributed by atoms with Gasteiger partial charge in [0.15, 0.2) is 15.6 Å². The number of carbonyl (C=O) groups is 1. The van der Waals surface area contributed by atoms with Crippen LogP contribution in [0.3, 0.4) is 0 Å². The van der Waals surface area contributed by atoms with Crippen molar-refractivity contribution in [2.45, 2.75) is 4.90 Å². The van der Waals surface area contributed by atoms with Gasteiger partial charge < -0.3 is 4.90 Å². The third kappa shape index (κ3) is 4.08. The fourth-order valence-corrected chi connectivity index (χ4v) is 2.89. The van der Waals surface area contributed by atoms with Crippen molar-refractivity contribution in [2.24, 2.45) is 0 Å². The van der Waals surface area contributed by atoms with Gasteiger partial charge in [-0.3, -0.25) is 4.79 Å². The molecule has 0 saturated carbocycles. The second-order valence-electron chi connectivity index (χ2n) is 4.20. The number of sulfone groups is 1.